The van der Waals surface area contributed by atoms with Crippen molar-refractivity contribution >= 4 is 41.7 Å². The number of nitrogens with zero attached hydrogens (tertiary/aromatic N) is 2. The monoisotopic (exact) mass is 481 g/mol. The van der Waals surface area contributed by atoms with Gasteiger partial charge in [-0.25, -0.2) is 0 Å². The first-order valence-electron chi connectivity index (χ1n) is 10.00. The molecule has 0 aromatic rings. The topological polar surface area (TPSA) is 36.9 Å². The molecule has 3 rings (SSSR count). The maximum atomic E-state index is 6.19. The number of thioether (sulfide) groups is 1. The molecule has 2 heterocycles. The Morgan fingerprint density at radius 1 is 1.04 bits per heavy atom. The third-order valence-corrected chi connectivity index (χ3v) is 6.93. The standard InChI is InChI=1S/C19H35N3OS.HI/c1-20-19(21-14-16-8-12-24-13-9-16)22-10-6-18(7-11-22)23-15-17-4-2-3-5-17;/h16-18H,2-15H2,1H3,(H,20,21);1H. The van der Waals surface area contributed by atoms with E-state index in [0.29, 0.717) is 6.10 Å². The minimum absolute atomic E-state index is 0. The molecule has 0 aromatic carbocycles. The van der Waals surface area contributed by atoms with Gasteiger partial charge in [0, 0.05) is 33.3 Å². The van der Waals surface area contributed by atoms with Crippen LogP contribution >= 0.6 is 35.7 Å². The lowest BCUT2D eigenvalue weighted by Gasteiger charge is -2.35. The number of hydrogen-bond acceptors (Lipinski definition) is 3. The van der Waals surface area contributed by atoms with Crippen LogP contribution in [0.4, 0.5) is 0 Å². The molecule has 25 heavy (non-hydrogen) atoms. The van der Waals surface area contributed by atoms with E-state index in [-0.39, 0.29) is 24.0 Å². The fourth-order valence-corrected chi connectivity index (χ4v) is 5.41. The number of nitrogens with one attached hydrogen (secondary N) is 1. The average Bonchev–Trinajstić information content (AvgIpc) is 3.16. The van der Waals surface area contributed by atoms with Gasteiger partial charge in [0.1, 0.15) is 0 Å². The van der Waals surface area contributed by atoms with Crippen molar-refractivity contribution in [3.05, 3.63) is 0 Å². The molecule has 1 aliphatic carbocycles. The minimum Gasteiger partial charge on any atom is -0.378 e. The summed E-state index contributed by atoms with van der Waals surface area (Å²) in [4.78, 5) is 6.94. The van der Waals surface area contributed by atoms with E-state index in [4.69, 9.17) is 4.74 Å². The molecule has 146 valence electrons. The fourth-order valence-electron chi connectivity index (χ4n) is 4.20. The highest BCUT2D eigenvalue weighted by Crippen LogP contribution is 2.26. The highest BCUT2D eigenvalue weighted by molar-refractivity contribution is 14.0. The van der Waals surface area contributed by atoms with E-state index in [0.717, 1.165) is 56.9 Å². The molecule has 0 atom stereocenters. The minimum atomic E-state index is 0. The quantitative estimate of drug-likeness (QED) is 0.366. The predicted molar refractivity (Wildman–Crippen MR) is 119 cm³/mol. The van der Waals surface area contributed by atoms with Crippen molar-refractivity contribution in [2.75, 3.05) is 44.8 Å². The van der Waals surface area contributed by atoms with E-state index in [9.17, 15) is 0 Å². The summed E-state index contributed by atoms with van der Waals surface area (Å²) in [6.07, 6.45) is 11.1. The van der Waals surface area contributed by atoms with E-state index in [1.165, 1.54) is 50.0 Å². The van der Waals surface area contributed by atoms with Crippen LogP contribution in [0.25, 0.3) is 0 Å². The average molecular weight is 481 g/mol. The van der Waals surface area contributed by atoms with Crippen LogP contribution in [0.1, 0.15) is 51.4 Å². The van der Waals surface area contributed by atoms with E-state index in [1.807, 2.05) is 7.05 Å². The molecule has 0 spiro atoms. The number of guanidine groups is 1. The van der Waals surface area contributed by atoms with Gasteiger partial charge in [-0.15, -0.1) is 24.0 Å². The summed E-state index contributed by atoms with van der Waals surface area (Å²) in [5, 5.41) is 3.63. The van der Waals surface area contributed by atoms with Gasteiger partial charge in [0.2, 0.25) is 0 Å². The number of piperidine rings is 1. The maximum Gasteiger partial charge on any atom is 0.193 e. The molecule has 0 amide bonds. The smallest absolute Gasteiger partial charge is 0.193 e. The first-order chi connectivity index (χ1) is 11.8. The van der Waals surface area contributed by atoms with Crippen molar-refractivity contribution < 1.29 is 4.74 Å². The highest BCUT2D eigenvalue weighted by atomic mass is 127. The second-order valence-corrected chi connectivity index (χ2v) is 8.88. The van der Waals surface area contributed by atoms with E-state index < -0.39 is 0 Å². The summed E-state index contributed by atoms with van der Waals surface area (Å²) in [5.41, 5.74) is 0. The number of rotatable bonds is 5. The summed E-state index contributed by atoms with van der Waals surface area (Å²) in [6, 6.07) is 0. The molecule has 0 unspecified atom stereocenters. The second-order valence-electron chi connectivity index (χ2n) is 7.65. The molecule has 0 bridgehead atoms. The third-order valence-electron chi connectivity index (χ3n) is 5.89. The number of halogens is 1. The molecule has 2 aliphatic heterocycles. The largest absolute Gasteiger partial charge is 0.378 e. The van der Waals surface area contributed by atoms with Crippen molar-refractivity contribution in [3.8, 4) is 0 Å². The van der Waals surface area contributed by atoms with Gasteiger partial charge >= 0.3 is 0 Å². The number of likely N-dealkylation sites (tertiary alicyclic amines) is 1. The Bertz CT molecular complexity index is 390. The van der Waals surface area contributed by atoms with Gasteiger partial charge in [0.25, 0.3) is 0 Å². The second kappa shape index (κ2) is 11.9. The Morgan fingerprint density at radius 3 is 2.36 bits per heavy atom. The van der Waals surface area contributed by atoms with Gasteiger partial charge in [-0.3, -0.25) is 4.99 Å². The molecule has 0 aromatic heterocycles. The van der Waals surface area contributed by atoms with Crippen LogP contribution in [-0.2, 0) is 4.74 Å². The number of hydrogen-bond donors (Lipinski definition) is 1. The molecule has 2 saturated heterocycles. The molecule has 0 radical (unpaired) electrons. The zero-order valence-corrected chi connectivity index (χ0v) is 18.9. The van der Waals surface area contributed by atoms with Crippen LogP contribution in [0, 0.1) is 11.8 Å². The molecular weight excluding hydrogens is 445 g/mol. The van der Waals surface area contributed by atoms with Crippen LogP contribution in [0.15, 0.2) is 4.99 Å². The van der Waals surface area contributed by atoms with Gasteiger partial charge in [-0.2, -0.15) is 11.8 Å². The van der Waals surface area contributed by atoms with Gasteiger partial charge in [-0.1, -0.05) is 12.8 Å². The highest BCUT2D eigenvalue weighted by Gasteiger charge is 2.24. The van der Waals surface area contributed by atoms with Gasteiger partial charge in [0.15, 0.2) is 5.96 Å². The van der Waals surface area contributed by atoms with Crippen molar-refractivity contribution in [3.63, 3.8) is 0 Å². The van der Waals surface area contributed by atoms with Crippen LogP contribution in [0.3, 0.4) is 0 Å². The Morgan fingerprint density at radius 2 is 1.72 bits per heavy atom. The number of ether oxygens (including phenoxy) is 1. The molecule has 1 N–H and O–H groups in total. The van der Waals surface area contributed by atoms with Gasteiger partial charge < -0.3 is 15.0 Å². The maximum absolute atomic E-state index is 6.19. The molecule has 3 aliphatic rings. The zero-order valence-electron chi connectivity index (χ0n) is 15.8. The summed E-state index contributed by atoms with van der Waals surface area (Å²) < 4.78 is 6.19. The van der Waals surface area contributed by atoms with Crippen LogP contribution in [0.2, 0.25) is 0 Å². The fraction of sp³-hybridized carbons (Fsp3) is 0.947. The summed E-state index contributed by atoms with van der Waals surface area (Å²) in [5.74, 6) is 5.42. The summed E-state index contributed by atoms with van der Waals surface area (Å²) in [6.45, 7) is 4.24. The summed E-state index contributed by atoms with van der Waals surface area (Å²) in [7, 11) is 1.92. The SMILES string of the molecule is CN=C(NCC1CCSCC1)N1CCC(OCC2CCCC2)CC1.I. The Balaban J connectivity index is 0.00000225. The zero-order chi connectivity index (χ0) is 16.6. The lowest BCUT2D eigenvalue weighted by Crippen LogP contribution is -2.48. The van der Waals surface area contributed by atoms with E-state index in [2.05, 4.69) is 27.0 Å². The molecule has 1 saturated carbocycles. The van der Waals surface area contributed by atoms with Crippen molar-refractivity contribution in [1.29, 1.82) is 0 Å². The van der Waals surface area contributed by atoms with Crippen molar-refractivity contribution in [2.24, 2.45) is 16.8 Å². The van der Waals surface area contributed by atoms with Crippen LogP contribution < -0.4 is 5.32 Å². The molecule has 3 fully saturated rings. The van der Waals surface area contributed by atoms with Crippen molar-refractivity contribution in [1.82, 2.24) is 10.2 Å². The van der Waals surface area contributed by atoms with E-state index in [1.54, 1.807) is 0 Å². The number of aliphatic imine (C=N–C) groups is 1. The van der Waals surface area contributed by atoms with E-state index >= 15 is 0 Å². The first-order valence-corrected chi connectivity index (χ1v) is 11.2. The van der Waals surface area contributed by atoms with Crippen LogP contribution in [0.5, 0.6) is 0 Å². The lowest BCUT2D eigenvalue weighted by atomic mass is 10.0. The Labute approximate surface area is 175 Å². The first kappa shape index (κ1) is 21.6. The molecule has 4 nitrogen and oxygen atoms in total. The predicted octanol–water partition coefficient (Wildman–Crippen LogP) is 3.99. The Kier molecular flexibility index (Phi) is 10.3. The van der Waals surface area contributed by atoms with Gasteiger partial charge in [0.05, 0.1) is 6.10 Å². The molecular formula is C19H36IN3OS. The third kappa shape index (κ3) is 7.09. The lowest BCUT2D eigenvalue weighted by molar-refractivity contribution is 0.000995. The normalized spacial score (nSPS) is 24.4. The van der Waals surface area contributed by atoms with Crippen molar-refractivity contribution in [2.45, 2.75) is 57.5 Å². The van der Waals surface area contributed by atoms with Crippen LogP contribution in [-0.4, -0.2) is 61.8 Å². The summed E-state index contributed by atoms with van der Waals surface area (Å²) >= 11 is 2.10. The molecule has 6 heteroatoms. The van der Waals surface area contributed by atoms with Gasteiger partial charge in [-0.05, 0) is 61.9 Å². The Hall–Kier alpha value is 0.310.